The highest BCUT2D eigenvalue weighted by Crippen LogP contribution is 2.14. The van der Waals surface area contributed by atoms with Gasteiger partial charge in [0.25, 0.3) is 5.91 Å². The quantitative estimate of drug-likeness (QED) is 0.795. The lowest BCUT2D eigenvalue weighted by Gasteiger charge is -2.06. The Morgan fingerprint density at radius 3 is 2.76 bits per heavy atom. The molecule has 0 fully saturated rings. The third-order valence-corrected chi connectivity index (χ3v) is 2.75. The molecule has 0 spiro atoms. The van der Waals surface area contributed by atoms with Crippen LogP contribution in [0.25, 0.3) is 0 Å². The molecular formula is C9H10N5O2S. The predicted octanol–water partition coefficient (Wildman–Crippen LogP) is 0.878. The lowest BCUT2D eigenvalue weighted by Crippen LogP contribution is -2.23. The van der Waals surface area contributed by atoms with Gasteiger partial charge in [-0.05, 0) is 6.42 Å². The first-order chi connectivity index (χ1) is 8.19. The van der Waals surface area contributed by atoms with Crippen molar-refractivity contribution < 1.29 is 9.21 Å². The van der Waals surface area contributed by atoms with Gasteiger partial charge in [-0.3, -0.25) is 4.79 Å². The van der Waals surface area contributed by atoms with Crippen molar-refractivity contribution in [3.63, 3.8) is 0 Å². The Balaban J connectivity index is 1.91. The molecule has 0 atom stereocenters. The van der Waals surface area contributed by atoms with E-state index in [1.165, 1.54) is 11.8 Å². The number of aromatic nitrogens is 2. The highest BCUT2D eigenvalue weighted by Gasteiger charge is 2.18. The van der Waals surface area contributed by atoms with Gasteiger partial charge in [0, 0.05) is 6.92 Å². The second-order valence-corrected chi connectivity index (χ2v) is 4.15. The van der Waals surface area contributed by atoms with Crippen molar-refractivity contribution >= 4 is 28.5 Å². The maximum atomic E-state index is 11.4. The fraction of sp³-hybridized carbons (Fsp3) is 0.444. The van der Waals surface area contributed by atoms with E-state index in [4.69, 9.17) is 4.42 Å². The van der Waals surface area contributed by atoms with Crippen LogP contribution >= 0.6 is 11.8 Å². The highest BCUT2D eigenvalue weighted by atomic mass is 32.2. The molecule has 1 aromatic rings. The van der Waals surface area contributed by atoms with Gasteiger partial charge in [-0.1, -0.05) is 18.7 Å². The number of amides is 1. The minimum Gasteiger partial charge on any atom is -0.425 e. The minimum atomic E-state index is -0.327. The number of rotatable bonds is 3. The molecule has 1 aliphatic rings. The maximum absolute atomic E-state index is 11.4. The summed E-state index contributed by atoms with van der Waals surface area (Å²) in [6.45, 7) is 3.55. The van der Waals surface area contributed by atoms with Gasteiger partial charge < -0.3 is 4.42 Å². The number of hydrogen-bond acceptors (Lipinski definition) is 6. The van der Waals surface area contributed by atoms with E-state index in [2.05, 4.69) is 25.7 Å². The fourth-order valence-electron chi connectivity index (χ4n) is 1.12. The molecule has 1 aromatic heterocycles. The van der Waals surface area contributed by atoms with Crippen molar-refractivity contribution in [1.29, 1.82) is 0 Å². The van der Waals surface area contributed by atoms with Gasteiger partial charge in [0.05, 0.1) is 5.75 Å². The van der Waals surface area contributed by atoms with E-state index in [0.29, 0.717) is 34.8 Å². The van der Waals surface area contributed by atoms with Crippen molar-refractivity contribution in [3.05, 3.63) is 11.8 Å². The summed E-state index contributed by atoms with van der Waals surface area (Å²) in [6, 6.07) is 0. The molecule has 0 bridgehead atoms. The number of carbonyl (C=O) groups is 1. The Hall–Kier alpha value is -1.70. The van der Waals surface area contributed by atoms with Gasteiger partial charge in [0.15, 0.2) is 0 Å². The van der Waals surface area contributed by atoms with Crippen LogP contribution in [0.2, 0.25) is 0 Å². The van der Waals surface area contributed by atoms with Crippen LogP contribution in [0.5, 0.6) is 0 Å². The second kappa shape index (κ2) is 5.09. The zero-order chi connectivity index (χ0) is 12.3. The van der Waals surface area contributed by atoms with Crippen LogP contribution in [0.1, 0.15) is 25.1 Å². The van der Waals surface area contributed by atoms with E-state index >= 15 is 0 Å². The molecule has 89 valence electrons. The van der Waals surface area contributed by atoms with Crippen LogP contribution < -0.4 is 5.43 Å². The average Bonchev–Trinajstić information content (AvgIpc) is 2.73. The van der Waals surface area contributed by atoms with Crippen molar-refractivity contribution in [2.75, 3.05) is 0 Å². The molecular weight excluding hydrogens is 242 g/mol. The minimum absolute atomic E-state index is 0.322. The highest BCUT2D eigenvalue weighted by molar-refractivity contribution is 8.13. The van der Waals surface area contributed by atoms with Crippen molar-refractivity contribution in [2.45, 2.75) is 26.0 Å². The van der Waals surface area contributed by atoms with Gasteiger partial charge in [-0.25, -0.2) is 0 Å². The Morgan fingerprint density at radius 2 is 2.18 bits per heavy atom. The van der Waals surface area contributed by atoms with Crippen molar-refractivity contribution in [1.82, 2.24) is 15.6 Å². The number of hydrogen-bond donors (Lipinski definition) is 0. The summed E-state index contributed by atoms with van der Waals surface area (Å²) in [5.74, 6) is 1.08. The Kier molecular flexibility index (Phi) is 3.52. The van der Waals surface area contributed by atoms with Crippen LogP contribution in [0.3, 0.4) is 0 Å². The van der Waals surface area contributed by atoms with Crippen LogP contribution in [0.4, 0.5) is 0 Å². The van der Waals surface area contributed by atoms with Crippen LogP contribution in [0.15, 0.2) is 14.5 Å². The van der Waals surface area contributed by atoms with Crippen LogP contribution in [-0.4, -0.2) is 27.0 Å². The molecule has 0 saturated carbocycles. The van der Waals surface area contributed by atoms with Crippen molar-refractivity contribution in [2.24, 2.45) is 10.1 Å². The predicted molar refractivity (Wildman–Crippen MR) is 62.6 cm³/mol. The smallest absolute Gasteiger partial charge is 0.295 e. The third kappa shape index (κ3) is 2.90. The molecule has 0 saturated heterocycles. The zero-order valence-electron chi connectivity index (χ0n) is 9.38. The molecule has 0 N–H and O–H groups in total. The third-order valence-electron chi connectivity index (χ3n) is 1.93. The molecule has 0 unspecified atom stereocenters. The molecule has 2 rings (SSSR count). The first-order valence-electron chi connectivity index (χ1n) is 5.01. The van der Waals surface area contributed by atoms with Gasteiger partial charge >= 0.3 is 0 Å². The van der Waals surface area contributed by atoms with E-state index < -0.39 is 0 Å². The SMILES string of the molecule is CCC1=N[N]C(SCc2nnc(C)o2)=NC1=O. The summed E-state index contributed by atoms with van der Waals surface area (Å²) in [6.07, 6.45) is 0.534. The topological polar surface area (TPSA) is 94.8 Å². The molecule has 1 radical (unpaired) electrons. The van der Waals surface area contributed by atoms with E-state index in [1.807, 2.05) is 6.92 Å². The monoisotopic (exact) mass is 252 g/mol. The van der Waals surface area contributed by atoms with Gasteiger partial charge in [0.1, 0.15) is 5.71 Å². The lowest BCUT2D eigenvalue weighted by molar-refractivity contribution is -0.112. The van der Waals surface area contributed by atoms with Crippen LogP contribution in [-0.2, 0) is 10.5 Å². The molecule has 1 aliphatic heterocycles. The summed E-state index contributed by atoms with van der Waals surface area (Å²) < 4.78 is 5.18. The average molecular weight is 252 g/mol. The zero-order valence-corrected chi connectivity index (χ0v) is 10.2. The molecule has 0 aromatic carbocycles. The van der Waals surface area contributed by atoms with Gasteiger partial charge in [-0.15, -0.1) is 20.7 Å². The Labute approximate surface area is 102 Å². The number of amidine groups is 1. The summed E-state index contributed by atoms with van der Waals surface area (Å²) in [5, 5.41) is 11.6. The molecule has 0 aliphatic carbocycles. The maximum Gasteiger partial charge on any atom is 0.295 e. The van der Waals surface area contributed by atoms with Crippen molar-refractivity contribution in [3.8, 4) is 0 Å². The molecule has 17 heavy (non-hydrogen) atoms. The number of thioether (sulfide) groups is 1. The summed E-state index contributed by atoms with van der Waals surface area (Å²) >= 11 is 1.24. The second-order valence-electron chi connectivity index (χ2n) is 3.20. The van der Waals surface area contributed by atoms with E-state index in [0.717, 1.165) is 0 Å². The van der Waals surface area contributed by atoms with E-state index in [1.54, 1.807) is 6.92 Å². The standard InChI is InChI=1S/C9H10N5O2S/c1-3-6-8(15)10-9(14-12-6)17-4-7-13-11-5(2)16-7/h3-4H2,1-2H3. The van der Waals surface area contributed by atoms with Gasteiger partial charge in [0.2, 0.25) is 16.9 Å². The Bertz CT molecular complexity index is 493. The Morgan fingerprint density at radius 1 is 1.35 bits per heavy atom. The largest absolute Gasteiger partial charge is 0.425 e. The normalized spacial score (nSPS) is 15.3. The summed E-state index contributed by atoms with van der Waals surface area (Å²) in [7, 11) is 0. The molecule has 2 heterocycles. The van der Waals surface area contributed by atoms with Gasteiger partial charge in [-0.2, -0.15) is 4.99 Å². The lowest BCUT2D eigenvalue weighted by atomic mass is 10.3. The number of aliphatic imine (C=N–C) groups is 1. The van der Waals surface area contributed by atoms with E-state index in [-0.39, 0.29) is 5.91 Å². The summed E-state index contributed by atoms with van der Waals surface area (Å²) in [4.78, 5) is 15.2. The molecule has 1 amide bonds. The van der Waals surface area contributed by atoms with E-state index in [9.17, 15) is 4.79 Å². The number of nitrogens with zero attached hydrogens (tertiary/aromatic N) is 5. The first kappa shape index (κ1) is 11.8. The number of carbonyl (C=O) groups excluding carboxylic acids is 1. The summed E-state index contributed by atoms with van der Waals surface area (Å²) in [5.41, 5.74) is 4.22. The molecule has 7 nitrogen and oxygen atoms in total. The number of aryl methyl sites for hydroxylation is 1. The fourth-order valence-corrected chi connectivity index (χ4v) is 1.74. The first-order valence-corrected chi connectivity index (χ1v) is 6.00. The van der Waals surface area contributed by atoms with Crippen LogP contribution in [0, 0.1) is 6.92 Å². The molecule has 8 heteroatoms.